The van der Waals surface area contributed by atoms with Crippen LogP contribution in [0.1, 0.15) is 160 Å². The number of hydrogen-bond donors (Lipinski definition) is 0. The third kappa shape index (κ3) is 64.4. The summed E-state index contributed by atoms with van der Waals surface area (Å²) in [6.45, 7) is 43.9. The fourth-order valence-corrected chi connectivity index (χ4v) is 7.04. The topological polar surface area (TPSA) is 166 Å². The lowest BCUT2D eigenvalue weighted by Gasteiger charge is -2.24. The molecule has 0 aromatic carbocycles. The molecule has 0 N–H and O–H groups in total. The fraction of sp³-hybridized carbons (Fsp3) is 1.00. The Morgan fingerprint density at radius 1 is 0.192 bits per heavy atom. The van der Waals surface area contributed by atoms with Gasteiger partial charge in [-0.05, 0) is 59.3 Å². The number of unbranched alkanes of at least 4 members (excludes halogenated alkanes) is 3. The van der Waals surface area contributed by atoms with Gasteiger partial charge >= 0.3 is 0 Å². The highest BCUT2D eigenvalue weighted by Crippen LogP contribution is 2.17. The van der Waals surface area contributed by atoms with Gasteiger partial charge in [-0.3, -0.25) is 0 Å². The molecule has 0 rings (SSSR count). The molecule has 474 valence electrons. The van der Waals surface area contributed by atoms with Crippen molar-refractivity contribution >= 4 is 0 Å². The van der Waals surface area contributed by atoms with Gasteiger partial charge in [0, 0.05) is 57.4 Å². The molecule has 0 aliphatic rings. The molecule has 0 saturated carbocycles. The summed E-state index contributed by atoms with van der Waals surface area (Å²) < 4.78 is 100. The van der Waals surface area contributed by atoms with E-state index >= 15 is 0 Å². The molecule has 0 aliphatic heterocycles. The van der Waals surface area contributed by atoms with Crippen molar-refractivity contribution in [1.82, 2.24) is 0 Å². The Kier molecular flexibility index (Phi) is 75.6. The van der Waals surface area contributed by atoms with E-state index in [2.05, 4.69) is 62.3 Å². The predicted molar refractivity (Wildman–Crippen MR) is 311 cm³/mol. The van der Waals surface area contributed by atoms with Crippen molar-refractivity contribution in [3.63, 3.8) is 0 Å². The second-order valence-corrected chi connectivity index (χ2v) is 18.8. The van der Waals surface area contributed by atoms with Crippen molar-refractivity contribution < 1.29 is 85.3 Å². The predicted octanol–water partition coefficient (Wildman–Crippen LogP) is 11.0. The zero-order valence-corrected chi connectivity index (χ0v) is 52.5. The second-order valence-electron chi connectivity index (χ2n) is 18.8. The van der Waals surface area contributed by atoms with Crippen LogP contribution in [0, 0.1) is 17.8 Å². The minimum absolute atomic E-state index is 0.212. The maximum Gasteiger partial charge on any atom is 0.160 e. The van der Waals surface area contributed by atoms with Crippen LogP contribution in [-0.4, -0.2) is 217 Å². The van der Waals surface area contributed by atoms with E-state index in [9.17, 15) is 0 Å². The van der Waals surface area contributed by atoms with Gasteiger partial charge in [0.15, 0.2) is 18.9 Å². The minimum Gasteiger partial charge on any atom is -0.379 e. The normalized spacial score (nSPS) is 13.2. The van der Waals surface area contributed by atoms with Crippen molar-refractivity contribution in [3.05, 3.63) is 0 Å². The first-order chi connectivity index (χ1) is 38.3. The Labute approximate surface area is 478 Å². The minimum atomic E-state index is -0.214. The fourth-order valence-electron chi connectivity index (χ4n) is 7.04. The zero-order valence-electron chi connectivity index (χ0n) is 52.5. The molecule has 78 heavy (non-hydrogen) atoms. The Balaban J connectivity index is -0.00000109. The van der Waals surface area contributed by atoms with E-state index in [0.29, 0.717) is 176 Å². The van der Waals surface area contributed by atoms with Crippen LogP contribution in [0.3, 0.4) is 0 Å². The van der Waals surface area contributed by atoms with Gasteiger partial charge in [0.25, 0.3) is 0 Å². The molecule has 0 spiro atoms. The number of rotatable bonds is 63. The highest BCUT2D eigenvalue weighted by molar-refractivity contribution is 4.60. The van der Waals surface area contributed by atoms with Gasteiger partial charge in [0.1, 0.15) is 0 Å². The first-order valence-electron chi connectivity index (χ1n) is 30.9. The van der Waals surface area contributed by atoms with Crippen LogP contribution in [-0.2, 0) is 85.3 Å². The zero-order chi connectivity index (χ0) is 57.9. The van der Waals surface area contributed by atoms with Crippen molar-refractivity contribution in [1.29, 1.82) is 0 Å². The van der Waals surface area contributed by atoms with Gasteiger partial charge in [-0.25, -0.2) is 0 Å². The van der Waals surface area contributed by atoms with Gasteiger partial charge in [-0.2, -0.15) is 0 Å². The molecule has 0 aromatic heterocycles. The summed E-state index contributed by atoms with van der Waals surface area (Å²) in [5.41, 5.74) is 0. The third-order valence-corrected chi connectivity index (χ3v) is 11.5. The van der Waals surface area contributed by atoms with Gasteiger partial charge in [0.05, 0.1) is 159 Å². The molecule has 0 aromatic rings. The van der Waals surface area contributed by atoms with Crippen LogP contribution < -0.4 is 0 Å². The van der Waals surface area contributed by atoms with Crippen LogP contribution in [0.4, 0.5) is 0 Å². The average molecular weight is 1140 g/mol. The molecular weight excluding hydrogens is 1010 g/mol. The van der Waals surface area contributed by atoms with E-state index < -0.39 is 0 Å². The lowest BCUT2D eigenvalue weighted by atomic mass is 10.1. The van der Waals surface area contributed by atoms with Gasteiger partial charge in [0.2, 0.25) is 0 Å². The molecule has 0 bridgehead atoms. The van der Waals surface area contributed by atoms with E-state index in [-0.39, 0.29) is 18.9 Å². The largest absolute Gasteiger partial charge is 0.379 e. The highest BCUT2D eigenvalue weighted by atomic mass is 16.7. The number of ether oxygens (including phenoxy) is 18. The third-order valence-electron chi connectivity index (χ3n) is 11.5. The Morgan fingerprint density at radius 3 is 0.526 bits per heavy atom. The molecule has 4 unspecified atom stereocenters. The molecule has 0 heterocycles. The summed E-state index contributed by atoms with van der Waals surface area (Å²) >= 11 is 0. The van der Waals surface area contributed by atoms with E-state index in [4.69, 9.17) is 85.3 Å². The molecule has 0 fully saturated rings. The summed E-state index contributed by atoms with van der Waals surface area (Å²) in [5, 5.41) is 0. The maximum atomic E-state index is 5.91. The SMILES string of the molecule is CCCC(C)C(OCCOCCOCC)OCCOCCOCC.CCCCOCCOCCOC(OCCOCCOCC)C(C)CCC.CCCCOCCOCCOC(OCCOCCOCCCC)C(C)CCC. The Bertz CT molecular complexity index is 1000. The van der Waals surface area contributed by atoms with Crippen LogP contribution in [0.2, 0.25) is 0 Å². The van der Waals surface area contributed by atoms with Gasteiger partial charge in [-0.15, -0.1) is 0 Å². The number of hydrogen-bond acceptors (Lipinski definition) is 18. The standard InChI is InChI=1S/C22H46O6.C20H42O6.C18H38O6/c1-5-8-11-23-13-15-25-17-19-27-22(21(4)10-7-3)28-20-18-26-16-14-24-12-9-6-2;1-5-8-10-22-13-14-24-16-18-26-20(19(4)9-6-2)25-17-15-23-12-11-21-7-3;1-5-8-17(4)18(23-15-13-21-11-9-19-6-2)24-16-14-22-12-10-20-7-3/h21-22H,5-20H2,1-4H3;19-20H,5-18H2,1-4H3;17-18H,5-16H2,1-4H3. The molecular formula is C60H126O18. The van der Waals surface area contributed by atoms with Gasteiger partial charge in [-0.1, -0.05) is 101 Å². The van der Waals surface area contributed by atoms with E-state index in [1.54, 1.807) is 0 Å². The van der Waals surface area contributed by atoms with E-state index in [0.717, 1.165) is 117 Å². The lowest BCUT2D eigenvalue weighted by Crippen LogP contribution is -2.28. The summed E-state index contributed by atoms with van der Waals surface area (Å²) in [6, 6.07) is 0. The molecule has 18 nitrogen and oxygen atoms in total. The maximum absolute atomic E-state index is 5.91. The highest BCUT2D eigenvalue weighted by Gasteiger charge is 2.20. The summed E-state index contributed by atoms with van der Waals surface area (Å²) in [6.07, 6.45) is 12.7. The van der Waals surface area contributed by atoms with E-state index in [1.807, 2.05) is 20.8 Å². The van der Waals surface area contributed by atoms with Crippen LogP contribution in [0.5, 0.6) is 0 Å². The van der Waals surface area contributed by atoms with Crippen LogP contribution in [0.25, 0.3) is 0 Å². The monoisotopic (exact) mass is 1130 g/mol. The van der Waals surface area contributed by atoms with Gasteiger partial charge < -0.3 is 85.3 Å². The lowest BCUT2D eigenvalue weighted by molar-refractivity contribution is -0.183. The van der Waals surface area contributed by atoms with Crippen molar-refractivity contribution in [2.24, 2.45) is 17.8 Å². The second kappa shape index (κ2) is 72.4. The molecule has 0 amide bonds. The molecule has 4 atom stereocenters. The molecule has 0 aliphatic carbocycles. The molecule has 0 radical (unpaired) electrons. The molecule has 18 heteroatoms. The first kappa shape index (κ1) is 81.5. The van der Waals surface area contributed by atoms with Crippen molar-refractivity contribution in [2.45, 2.75) is 179 Å². The first-order valence-corrected chi connectivity index (χ1v) is 30.9. The summed E-state index contributed by atoms with van der Waals surface area (Å²) in [7, 11) is 0. The molecule has 0 saturated heterocycles. The van der Waals surface area contributed by atoms with Crippen LogP contribution >= 0.6 is 0 Å². The smallest absolute Gasteiger partial charge is 0.160 e. The van der Waals surface area contributed by atoms with E-state index in [1.165, 1.54) is 0 Å². The van der Waals surface area contributed by atoms with Crippen LogP contribution in [0.15, 0.2) is 0 Å². The van der Waals surface area contributed by atoms with Crippen molar-refractivity contribution in [2.75, 3.05) is 198 Å². The average Bonchev–Trinajstić information content (AvgIpc) is 3.43. The summed E-state index contributed by atoms with van der Waals surface area (Å²) in [5.74, 6) is 1.04. The summed E-state index contributed by atoms with van der Waals surface area (Å²) in [4.78, 5) is 0. The van der Waals surface area contributed by atoms with Crippen molar-refractivity contribution in [3.8, 4) is 0 Å². The quantitative estimate of drug-likeness (QED) is 0.0416. The Morgan fingerprint density at radius 2 is 0.359 bits per heavy atom. The Hall–Kier alpha value is -0.720.